The Labute approximate surface area is 162 Å². The van der Waals surface area contributed by atoms with Crippen molar-refractivity contribution in [3.63, 3.8) is 0 Å². The minimum atomic E-state index is -0.0940. The van der Waals surface area contributed by atoms with Crippen LogP contribution < -0.4 is 4.74 Å². The van der Waals surface area contributed by atoms with Crippen LogP contribution in [0.2, 0.25) is 5.02 Å². The SMILES string of the molecule is CCN(Cc1ccccc1Cl)C(=O)c1csc(-c2ccc(OC)cc2)n1. The van der Waals surface area contributed by atoms with Crippen molar-refractivity contribution in [1.82, 2.24) is 9.88 Å². The third-order valence-electron chi connectivity index (χ3n) is 4.05. The lowest BCUT2D eigenvalue weighted by atomic mass is 10.2. The van der Waals surface area contributed by atoms with Gasteiger partial charge < -0.3 is 9.64 Å². The normalized spacial score (nSPS) is 10.6. The highest BCUT2D eigenvalue weighted by Crippen LogP contribution is 2.26. The lowest BCUT2D eigenvalue weighted by molar-refractivity contribution is 0.0747. The van der Waals surface area contributed by atoms with Gasteiger partial charge in [0.2, 0.25) is 0 Å². The molecule has 3 aromatic rings. The molecule has 0 aliphatic heterocycles. The quantitative estimate of drug-likeness (QED) is 0.589. The number of ether oxygens (including phenoxy) is 1. The molecule has 0 N–H and O–H groups in total. The molecule has 26 heavy (non-hydrogen) atoms. The highest BCUT2D eigenvalue weighted by molar-refractivity contribution is 7.13. The van der Waals surface area contributed by atoms with Crippen LogP contribution in [0.15, 0.2) is 53.9 Å². The standard InChI is InChI=1S/C20H19ClN2O2S/c1-3-23(12-15-6-4-5-7-17(15)21)20(24)18-13-26-19(22-18)14-8-10-16(25-2)11-9-14/h4-11,13H,3,12H2,1-2H3. The molecule has 2 aromatic carbocycles. The number of hydrogen-bond donors (Lipinski definition) is 0. The minimum Gasteiger partial charge on any atom is -0.497 e. The molecular weight excluding hydrogens is 368 g/mol. The van der Waals surface area contributed by atoms with Gasteiger partial charge in [-0.25, -0.2) is 4.98 Å². The number of thiazole rings is 1. The number of aromatic nitrogens is 1. The first-order valence-electron chi connectivity index (χ1n) is 8.25. The van der Waals surface area contributed by atoms with Crippen LogP contribution >= 0.6 is 22.9 Å². The molecule has 4 nitrogen and oxygen atoms in total. The van der Waals surface area contributed by atoms with Crippen molar-refractivity contribution in [3.05, 3.63) is 70.2 Å². The van der Waals surface area contributed by atoms with Gasteiger partial charge in [0.15, 0.2) is 0 Å². The van der Waals surface area contributed by atoms with Crippen LogP contribution in [0.25, 0.3) is 10.6 Å². The van der Waals surface area contributed by atoms with Crippen molar-refractivity contribution in [1.29, 1.82) is 0 Å². The highest BCUT2D eigenvalue weighted by atomic mass is 35.5. The van der Waals surface area contributed by atoms with E-state index in [-0.39, 0.29) is 5.91 Å². The van der Waals surface area contributed by atoms with E-state index in [0.717, 1.165) is 21.9 Å². The van der Waals surface area contributed by atoms with Crippen molar-refractivity contribution in [2.45, 2.75) is 13.5 Å². The molecule has 134 valence electrons. The summed E-state index contributed by atoms with van der Waals surface area (Å²) in [6, 6.07) is 15.2. The maximum Gasteiger partial charge on any atom is 0.273 e. The number of amides is 1. The summed E-state index contributed by atoms with van der Waals surface area (Å²) in [5, 5.41) is 3.28. The Kier molecular flexibility index (Phi) is 5.91. The summed E-state index contributed by atoms with van der Waals surface area (Å²) >= 11 is 7.68. The lowest BCUT2D eigenvalue weighted by Gasteiger charge is -2.20. The summed E-state index contributed by atoms with van der Waals surface area (Å²) in [6.45, 7) is 3.00. The van der Waals surface area contributed by atoms with Gasteiger partial charge in [0.25, 0.3) is 5.91 Å². The van der Waals surface area contributed by atoms with Crippen LogP contribution in [0, 0.1) is 0 Å². The minimum absolute atomic E-state index is 0.0940. The summed E-state index contributed by atoms with van der Waals surface area (Å²) < 4.78 is 5.17. The van der Waals surface area contributed by atoms with Crippen LogP contribution in [0.1, 0.15) is 23.0 Å². The van der Waals surface area contributed by atoms with E-state index in [4.69, 9.17) is 16.3 Å². The Hall–Kier alpha value is -2.37. The maximum atomic E-state index is 12.8. The van der Waals surface area contributed by atoms with Crippen molar-refractivity contribution < 1.29 is 9.53 Å². The first-order valence-corrected chi connectivity index (χ1v) is 9.50. The molecule has 0 radical (unpaired) electrons. The Morgan fingerprint density at radius 2 is 1.92 bits per heavy atom. The third-order valence-corrected chi connectivity index (χ3v) is 5.31. The molecule has 0 atom stereocenters. The Balaban J connectivity index is 1.78. The van der Waals surface area contributed by atoms with Crippen molar-refractivity contribution >= 4 is 28.8 Å². The Morgan fingerprint density at radius 3 is 2.58 bits per heavy atom. The lowest BCUT2D eigenvalue weighted by Crippen LogP contribution is -2.30. The van der Waals surface area contributed by atoms with Gasteiger partial charge in [-0.15, -0.1) is 11.3 Å². The molecule has 6 heteroatoms. The summed E-state index contributed by atoms with van der Waals surface area (Å²) in [4.78, 5) is 19.1. The van der Waals surface area contributed by atoms with E-state index in [1.54, 1.807) is 17.4 Å². The van der Waals surface area contributed by atoms with Crippen LogP contribution in [0.5, 0.6) is 5.75 Å². The van der Waals surface area contributed by atoms with Crippen molar-refractivity contribution in [2.24, 2.45) is 0 Å². The Morgan fingerprint density at radius 1 is 1.19 bits per heavy atom. The van der Waals surface area contributed by atoms with E-state index < -0.39 is 0 Å². The number of rotatable bonds is 6. The molecule has 0 fully saturated rings. The molecule has 0 unspecified atom stereocenters. The second-order valence-corrected chi connectivity index (χ2v) is 6.94. The van der Waals surface area contributed by atoms with E-state index in [2.05, 4.69) is 4.98 Å². The number of carbonyl (C=O) groups excluding carboxylic acids is 1. The van der Waals surface area contributed by atoms with Crippen LogP contribution in [0.3, 0.4) is 0 Å². The largest absolute Gasteiger partial charge is 0.497 e. The summed E-state index contributed by atoms with van der Waals surface area (Å²) in [5.74, 6) is 0.696. The first kappa shape index (κ1) is 18.4. The molecule has 1 amide bonds. The molecule has 0 bridgehead atoms. The molecule has 0 spiro atoms. The number of hydrogen-bond acceptors (Lipinski definition) is 4. The molecule has 0 aliphatic carbocycles. The van der Waals surface area contributed by atoms with Gasteiger partial charge in [-0.05, 0) is 42.8 Å². The Bertz CT molecular complexity index is 893. The number of carbonyl (C=O) groups is 1. The van der Waals surface area contributed by atoms with Crippen molar-refractivity contribution in [3.8, 4) is 16.3 Å². The topological polar surface area (TPSA) is 42.4 Å². The van der Waals surface area contributed by atoms with Gasteiger partial charge in [0, 0.05) is 29.1 Å². The maximum absolute atomic E-state index is 12.8. The predicted octanol–water partition coefficient (Wildman–Crippen LogP) is 5.13. The van der Waals surface area contributed by atoms with Gasteiger partial charge in [0.05, 0.1) is 7.11 Å². The molecule has 0 saturated heterocycles. The molecule has 1 heterocycles. The van der Waals surface area contributed by atoms with E-state index in [1.165, 1.54) is 11.3 Å². The predicted molar refractivity (Wildman–Crippen MR) is 106 cm³/mol. The second kappa shape index (κ2) is 8.34. The molecule has 0 aliphatic rings. The second-order valence-electron chi connectivity index (χ2n) is 5.68. The average molecular weight is 387 g/mol. The number of halogens is 1. The summed E-state index contributed by atoms with van der Waals surface area (Å²) in [5.41, 5.74) is 2.34. The molecular formula is C20H19ClN2O2S. The third kappa shape index (κ3) is 4.06. The zero-order chi connectivity index (χ0) is 18.5. The number of benzene rings is 2. The summed E-state index contributed by atoms with van der Waals surface area (Å²) in [7, 11) is 1.63. The van der Waals surface area contributed by atoms with E-state index in [1.807, 2.05) is 55.5 Å². The fraction of sp³-hybridized carbons (Fsp3) is 0.200. The van der Waals surface area contributed by atoms with Crippen molar-refractivity contribution in [2.75, 3.05) is 13.7 Å². The van der Waals surface area contributed by atoms with Crippen LogP contribution in [-0.4, -0.2) is 29.4 Å². The van der Waals surface area contributed by atoms with Crippen LogP contribution in [0.4, 0.5) is 0 Å². The average Bonchev–Trinajstić information content (AvgIpc) is 3.17. The fourth-order valence-corrected chi connectivity index (χ4v) is 3.56. The molecule has 3 rings (SSSR count). The zero-order valence-corrected chi connectivity index (χ0v) is 16.2. The zero-order valence-electron chi connectivity index (χ0n) is 14.6. The van der Waals surface area contributed by atoms with E-state index >= 15 is 0 Å². The van der Waals surface area contributed by atoms with Gasteiger partial charge >= 0.3 is 0 Å². The summed E-state index contributed by atoms with van der Waals surface area (Å²) in [6.07, 6.45) is 0. The number of nitrogens with zero attached hydrogens (tertiary/aromatic N) is 2. The fourth-order valence-electron chi connectivity index (χ4n) is 2.56. The van der Waals surface area contributed by atoms with Gasteiger partial charge in [-0.1, -0.05) is 29.8 Å². The van der Waals surface area contributed by atoms with E-state index in [9.17, 15) is 4.79 Å². The molecule has 1 aromatic heterocycles. The highest BCUT2D eigenvalue weighted by Gasteiger charge is 2.19. The van der Waals surface area contributed by atoms with E-state index in [0.29, 0.717) is 23.8 Å². The van der Waals surface area contributed by atoms with Gasteiger partial charge in [0.1, 0.15) is 16.5 Å². The monoisotopic (exact) mass is 386 g/mol. The molecule has 0 saturated carbocycles. The first-order chi connectivity index (χ1) is 12.6. The smallest absolute Gasteiger partial charge is 0.273 e. The van der Waals surface area contributed by atoms with Gasteiger partial charge in [-0.2, -0.15) is 0 Å². The van der Waals surface area contributed by atoms with Gasteiger partial charge in [-0.3, -0.25) is 4.79 Å². The number of methoxy groups -OCH3 is 1. The van der Waals surface area contributed by atoms with Crippen LogP contribution in [-0.2, 0) is 6.54 Å².